The van der Waals surface area contributed by atoms with Crippen LogP contribution in [-0.4, -0.2) is 27.0 Å². The van der Waals surface area contributed by atoms with Gasteiger partial charge in [0.1, 0.15) is 0 Å². The Morgan fingerprint density at radius 3 is 2.81 bits per heavy atom. The zero-order chi connectivity index (χ0) is 14.7. The second-order valence-corrected chi connectivity index (χ2v) is 7.36. The third-order valence-electron chi connectivity index (χ3n) is 4.27. The van der Waals surface area contributed by atoms with E-state index < -0.39 is 10.2 Å². The minimum atomic E-state index is -3.45. The molecule has 2 aliphatic rings. The lowest BCUT2D eigenvalue weighted by molar-refractivity contribution is 0.290. The van der Waals surface area contributed by atoms with Gasteiger partial charge in [0.2, 0.25) is 0 Å². The fourth-order valence-corrected chi connectivity index (χ4v) is 4.24. The molecule has 6 nitrogen and oxygen atoms in total. The van der Waals surface area contributed by atoms with Crippen molar-refractivity contribution in [3.8, 4) is 0 Å². The molecular weight excluding hydrogens is 288 g/mol. The lowest BCUT2D eigenvalue weighted by Gasteiger charge is -2.31. The van der Waals surface area contributed by atoms with E-state index in [9.17, 15) is 8.42 Å². The molecule has 0 radical (unpaired) electrons. The molecule has 3 rings (SSSR count). The summed E-state index contributed by atoms with van der Waals surface area (Å²) in [5.74, 6) is 0.514. The lowest BCUT2D eigenvalue weighted by atomic mass is 9.83. The summed E-state index contributed by atoms with van der Waals surface area (Å²) in [6.45, 7) is 1.23. The van der Waals surface area contributed by atoms with Gasteiger partial charge in [0.25, 0.3) is 10.2 Å². The number of nitrogens with one attached hydrogen (secondary N) is 4. The van der Waals surface area contributed by atoms with E-state index in [1.54, 1.807) is 0 Å². The predicted octanol–water partition coefficient (Wildman–Crippen LogP) is 0.256. The highest BCUT2D eigenvalue weighted by Gasteiger charge is 2.34. The number of fused-ring (bicyclic) bond motifs is 1. The third kappa shape index (κ3) is 4.02. The van der Waals surface area contributed by atoms with Crippen LogP contribution in [0.3, 0.4) is 0 Å². The molecule has 3 unspecified atom stereocenters. The van der Waals surface area contributed by atoms with Crippen molar-refractivity contribution >= 4 is 10.2 Å². The molecular formula is C14H22N4O2S. The van der Waals surface area contributed by atoms with Gasteiger partial charge in [0.15, 0.2) is 0 Å². The quantitative estimate of drug-likeness (QED) is 0.629. The van der Waals surface area contributed by atoms with Gasteiger partial charge in [-0.15, -0.1) is 0 Å². The molecule has 0 spiro atoms. The van der Waals surface area contributed by atoms with Crippen LogP contribution in [0.25, 0.3) is 0 Å². The second-order valence-electron chi connectivity index (χ2n) is 5.83. The van der Waals surface area contributed by atoms with E-state index in [0.29, 0.717) is 18.5 Å². The molecule has 1 saturated heterocycles. The first-order valence-electron chi connectivity index (χ1n) is 7.41. The maximum Gasteiger partial charge on any atom is 0.277 e. The molecule has 21 heavy (non-hydrogen) atoms. The Kier molecular flexibility index (Phi) is 4.56. The fourth-order valence-electron chi connectivity index (χ4n) is 3.14. The van der Waals surface area contributed by atoms with Crippen LogP contribution < -0.4 is 20.3 Å². The van der Waals surface area contributed by atoms with Crippen LogP contribution in [0, 0.1) is 5.92 Å². The van der Waals surface area contributed by atoms with Gasteiger partial charge >= 0.3 is 0 Å². The van der Waals surface area contributed by atoms with Crippen molar-refractivity contribution in [3.05, 3.63) is 35.9 Å². The minimum Gasteiger partial charge on any atom is -0.257 e. The molecule has 2 fully saturated rings. The molecule has 1 aliphatic heterocycles. The summed E-state index contributed by atoms with van der Waals surface area (Å²) in [6, 6.07) is 10.0. The molecule has 7 heteroatoms. The Hall–Kier alpha value is -0.990. The average Bonchev–Trinajstić information content (AvgIpc) is 2.93. The zero-order valence-corrected chi connectivity index (χ0v) is 12.7. The normalized spacial score (nSPS) is 29.2. The number of hydrogen-bond acceptors (Lipinski definition) is 4. The van der Waals surface area contributed by atoms with Gasteiger partial charge in [-0.3, -0.25) is 10.9 Å². The molecule has 3 atom stereocenters. The molecule has 4 N–H and O–H groups in total. The van der Waals surface area contributed by atoms with Crippen molar-refractivity contribution < 1.29 is 8.42 Å². The number of rotatable bonds is 5. The van der Waals surface area contributed by atoms with Gasteiger partial charge in [0, 0.05) is 25.2 Å². The fraction of sp³-hybridized carbons (Fsp3) is 0.571. The molecule has 1 heterocycles. The van der Waals surface area contributed by atoms with Gasteiger partial charge in [-0.25, -0.2) is 0 Å². The van der Waals surface area contributed by atoms with Gasteiger partial charge in [0.05, 0.1) is 0 Å². The summed E-state index contributed by atoms with van der Waals surface area (Å²) < 4.78 is 29.6. The van der Waals surface area contributed by atoms with E-state index in [2.05, 4.69) is 20.3 Å². The Bertz CT molecular complexity index is 564. The summed E-state index contributed by atoms with van der Waals surface area (Å²) in [5, 5.41) is 0. The van der Waals surface area contributed by atoms with Crippen LogP contribution in [0.15, 0.2) is 30.3 Å². The van der Waals surface area contributed by atoms with Crippen LogP contribution in [0.1, 0.15) is 24.8 Å². The Labute approximate surface area is 125 Å². The lowest BCUT2D eigenvalue weighted by Crippen LogP contribution is -2.47. The van der Waals surface area contributed by atoms with Gasteiger partial charge < -0.3 is 0 Å². The largest absolute Gasteiger partial charge is 0.277 e. The van der Waals surface area contributed by atoms with E-state index in [4.69, 9.17) is 0 Å². The van der Waals surface area contributed by atoms with E-state index in [1.165, 1.54) is 0 Å². The van der Waals surface area contributed by atoms with E-state index in [0.717, 1.165) is 31.4 Å². The predicted molar refractivity (Wildman–Crippen MR) is 81.4 cm³/mol. The Morgan fingerprint density at radius 2 is 2.00 bits per heavy atom. The highest BCUT2D eigenvalue weighted by Crippen LogP contribution is 2.26. The highest BCUT2D eigenvalue weighted by atomic mass is 32.2. The van der Waals surface area contributed by atoms with Crippen molar-refractivity contribution in [2.45, 2.75) is 37.9 Å². The number of hydrogen-bond donors (Lipinski definition) is 4. The van der Waals surface area contributed by atoms with E-state index in [1.807, 2.05) is 30.3 Å². The van der Waals surface area contributed by atoms with Crippen LogP contribution in [0.4, 0.5) is 0 Å². The molecule has 1 aliphatic carbocycles. The van der Waals surface area contributed by atoms with Crippen LogP contribution in [0.2, 0.25) is 0 Å². The maximum atomic E-state index is 12.1. The molecule has 1 aromatic carbocycles. The Balaban J connectivity index is 1.51. The zero-order valence-electron chi connectivity index (χ0n) is 11.9. The van der Waals surface area contributed by atoms with Crippen molar-refractivity contribution in [2.75, 3.05) is 6.54 Å². The first kappa shape index (κ1) is 14.9. The summed E-state index contributed by atoms with van der Waals surface area (Å²) in [5.41, 5.74) is 7.35. The number of hydrazine groups is 1. The van der Waals surface area contributed by atoms with Gasteiger partial charge in [-0.05, 0) is 30.7 Å². The van der Waals surface area contributed by atoms with Gasteiger partial charge in [-0.2, -0.15) is 17.9 Å². The first-order chi connectivity index (χ1) is 10.1. The minimum absolute atomic E-state index is 0.0289. The van der Waals surface area contributed by atoms with E-state index >= 15 is 0 Å². The average molecular weight is 310 g/mol. The highest BCUT2D eigenvalue weighted by molar-refractivity contribution is 7.87. The summed E-state index contributed by atoms with van der Waals surface area (Å²) in [4.78, 5) is 0. The van der Waals surface area contributed by atoms with Crippen molar-refractivity contribution in [1.82, 2.24) is 20.3 Å². The first-order valence-corrected chi connectivity index (χ1v) is 8.90. The summed E-state index contributed by atoms with van der Waals surface area (Å²) in [6.07, 6.45) is 2.77. The molecule has 0 amide bonds. The second kappa shape index (κ2) is 6.41. The topological polar surface area (TPSA) is 82.3 Å². The maximum absolute atomic E-state index is 12.1. The van der Waals surface area contributed by atoms with Crippen LogP contribution in [-0.2, 0) is 16.8 Å². The Morgan fingerprint density at radius 1 is 1.19 bits per heavy atom. The summed E-state index contributed by atoms with van der Waals surface area (Å²) >= 11 is 0. The molecule has 1 aromatic rings. The molecule has 0 bridgehead atoms. The SMILES string of the molecule is O=S(=O)(NCc1ccccc1)NC1CCC2NNCC2C1. The molecule has 0 aromatic heterocycles. The number of benzene rings is 1. The smallest absolute Gasteiger partial charge is 0.257 e. The van der Waals surface area contributed by atoms with Crippen molar-refractivity contribution in [1.29, 1.82) is 0 Å². The van der Waals surface area contributed by atoms with Crippen molar-refractivity contribution in [2.24, 2.45) is 5.92 Å². The van der Waals surface area contributed by atoms with Gasteiger partial charge in [-0.1, -0.05) is 30.3 Å². The van der Waals surface area contributed by atoms with Crippen LogP contribution in [0.5, 0.6) is 0 Å². The van der Waals surface area contributed by atoms with E-state index in [-0.39, 0.29) is 6.04 Å². The van der Waals surface area contributed by atoms with Crippen LogP contribution >= 0.6 is 0 Å². The molecule has 1 saturated carbocycles. The molecule has 116 valence electrons. The monoisotopic (exact) mass is 310 g/mol. The standard InChI is InChI=1S/C14H22N4O2S/c19-21(20,16-9-11-4-2-1-3-5-11)18-13-6-7-14-12(8-13)10-15-17-14/h1-5,12-18H,6-10H2. The van der Waals surface area contributed by atoms with Crippen molar-refractivity contribution in [3.63, 3.8) is 0 Å². The third-order valence-corrected chi connectivity index (χ3v) is 5.43. The summed E-state index contributed by atoms with van der Waals surface area (Å²) in [7, 11) is -3.45.